The van der Waals surface area contributed by atoms with Gasteiger partial charge in [-0.25, -0.2) is 4.98 Å². The number of hydrogen-bond acceptors (Lipinski definition) is 3. The summed E-state index contributed by atoms with van der Waals surface area (Å²) in [6.07, 6.45) is 2.06. The summed E-state index contributed by atoms with van der Waals surface area (Å²) in [5, 5.41) is 6.66. The van der Waals surface area contributed by atoms with E-state index >= 15 is 0 Å². The van der Waals surface area contributed by atoms with Crippen molar-refractivity contribution in [2.75, 3.05) is 5.32 Å². The highest BCUT2D eigenvalue weighted by atomic mass is 32.1. The topological polar surface area (TPSA) is 24.9 Å². The van der Waals surface area contributed by atoms with E-state index in [1.807, 2.05) is 0 Å². The largest absolute Gasteiger partial charge is 0.355 e. The summed E-state index contributed by atoms with van der Waals surface area (Å²) in [5.41, 5.74) is 2.49. The zero-order valence-corrected chi connectivity index (χ0v) is 11.1. The fraction of sp³-hybridized carbons (Fsp3) is 0.357. The molecule has 2 aromatic rings. The zero-order valence-electron chi connectivity index (χ0n) is 10.3. The molecule has 0 spiro atoms. The summed E-state index contributed by atoms with van der Waals surface area (Å²) < 4.78 is 0. The number of nitrogens with one attached hydrogen (secondary N) is 1. The zero-order chi connectivity index (χ0) is 12.1. The molecule has 1 aromatic heterocycles. The van der Waals surface area contributed by atoms with Crippen LogP contribution in [0.15, 0.2) is 35.7 Å². The van der Waals surface area contributed by atoms with Crippen LogP contribution in [0.1, 0.15) is 37.6 Å². The predicted octanol–water partition coefficient (Wildman–Crippen LogP) is 4.27. The quantitative estimate of drug-likeness (QED) is 0.852. The molecule has 0 amide bonds. The van der Waals surface area contributed by atoms with E-state index in [2.05, 4.69) is 59.9 Å². The third kappa shape index (κ3) is 3.07. The van der Waals surface area contributed by atoms with Gasteiger partial charge in [-0.1, -0.05) is 44.2 Å². The van der Waals surface area contributed by atoms with Crippen molar-refractivity contribution in [2.45, 2.75) is 32.7 Å². The number of hydrogen-bond donors (Lipinski definition) is 1. The van der Waals surface area contributed by atoms with E-state index in [1.165, 1.54) is 11.3 Å². The van der Waals surface area contributed by atoms with E-state index in [4.69, 9.17) is 0 Å². The second-order valence-electron chi connectivity index (χ2n) is 4.01. The van der Waals surface area contributed by atoms with Crippen LogP contribution >= 0.6 is 11.3 Å². The Morgan fingerprint density at radius 1 is 1.24 bits per heavy atom. The van der Waals surface area contributed by atoms with Crippen LogP contribution in [-0.4, -0.2) is 4.98 Å². The molecule has 0 aliphatic carbocycles. The van der Waals surface area contributed by atoms with Gasteiger partial charge in [0, 0.05) is 5.38 Å². The van der Waals surface area contributed by atoms with E-state index in [9.17, 15) is 0 Å². The maximum atomic E-state index is 4.55. The van der Waals surface area contributed by atoms with Gasteiger partial charge in [-0.05, 0) is 18.4 Å². The molecule has 1 unspecified atom stereocenters. The summed E-state index contributed by atoms with van der Waals surface area (Å²) in [4.78, 5) is 4.55. The van der Waals surface area contributed by atoms with Crippen LogP contribution < -0.4 is 5.32 Å². The highest BCUT2D eigenvalue weighted by Crippen LogP contribution is 2.24. The van der Waals surface area contributed by atoms with Gasteiger partial charge in [-0.15, -0.1) is 11.3 Å². The maximum absolute atomic E-state index is 4.55. The van der Waals surface area contributed by atoms with Crippen LogP contribution in [0.2, 0.25) is 0 Å². The average molecular weight is 246 g/mol. The summed E-state index contributed by atoms with van der Waals surface area (Å²) >= 11 is 1.69. The molecule has 0 saturated heterocycles. The highest BCUT2D eigenvalue weighted by molar-refractivity contribution is 7.13. The van der Waals surface area contributed by atoms with Crippen LogP contribution in [0.25, 0.3) is 0 Å². The van der Waals surface area contributed by atoms with E-state index in [-0.39, 0.29) is 0 Å². The van der Waals surface area contributed by atoms with Crippen LogP contribution in [0.5, 0.6) is 0 Å². The third-order valence-corrected chi connectivity index (χ3v) is 3.64. The van der Waals surface area contributed by atoms with Gasteiger partial charge in [0.15, 0.2) is 5.13 Å². The number of nitrogens with zero attached hydrogens (tertiary/aromatic N) is 1. The molecule has 90 valence electrons. The van der Waals surface area contributed by atoms with Gasteiger partial charge in [0.05, 0.1) is 11.7 Å². The summed E-state index contributed by atoms with van der Waals surface area (Å²) in [6.45, 7) is 4.33. The van der Waals surface area contributed by atoms with Crippen LogP contribution in [-0.2, 0) is 6.42 Å². The third-order valence-electron chi connectivity index (χ3n) is 2.82. The van der Waals surface area contributed by atoms with Crippen molar-refractivity contribution in [1.82, 2.24) is 4.98 Å². The Bertz CT molecular complexity index is 450. The summed E-state index contributed by atoms with van der Waals surface area (Å²) in [5.74, 6) is 0. The molecule has 0 saturated carbocycles. The lowest BCUT2D eigenvalue weighted by atomic mass is 10.1. The predicted molar refractivity (Wildman–Crippen MR) is 74.6 cm³/mol. The minimum atomic E-state index is 0.354. The molecule has 1 N–H and O–H groups in total. The van der Waals surface area contributed by atoms with Crippen LogP contribution in [0.3, 0.4) is 0 Å². The van der Waals surface area contributed by atoms with Crippen molar-refractivity contribution in [3.63, 3.8) is 0 Å². The molecule has 0 bridgehead atoms. The van der Waals surface area contributed by atoms with Crippen molar-refractivity contribution < 1.29 is 0 Å². The van der Waals surface area contributed by atoms with E-state index in [0.29, 0.717) is 6.04 Å². The maximum Gasteiger partial charge on any atom is 0.183 e. The van der Waals surface area contributed by atoms with Crippen molar-refractivity contribution in [2.24, 2.45) is 0 Å². The number of aromatic nitrogens is 1. The second kappa shape index (κ2) is 5.82. The molecule has 1 atom stereocenters. The Kier molecular flexibility index (Phi) is 4.15. The van der Waals surface area contributed by atoms with Gasteiger partial charge in [0.25, 0.3) is 0 Å². The van der Waals surface area contributed by atoms with Gasteiger partial charge in [0.2, 0.25) is 0 Å². The Labute approximate surface area is 107 Å². The fourth-order valence-electron chi connectivity index (χ4n) is 1.79. The Morgan fingerprint density at radius 3 is 2.59 bits per heavy atom. The van der Waals surface area contributed by atoms with Gasteiger partial charge in [0.1, 0.15) is 0 Å². The first kappa shape index (κ1) is 12.1. The van der Waals surface area contributed by atoms with Crippen LogP contribution in [0, 0.1) is 0 Å². The summed E-state index contributed by atoms with van der Waals surface area (Å²) in [7, 11) is 0. The normalized spacial score (nSPS) is 12.4. The van der Waals surface area contributed by atoms with Crippen molar-refractivity contribution in [1.29, 1.82) is 0 Å². The number of aryl methyl sites for hydroxylation is 1. The Balaban J connectivity index is 2.10. The lowest BCUT2D eigenvalue weighted by Crippen LogP contribution is -2.09. The lowest BCUT2D eigenvalue weighted by molar-refractivity contribution is 0.747. The van der Waals surface area contributed by atoms with Gasteiger partial charge in [-0.3, -0.25) is 0 Å². The Hall–Kier alpha value is -1.35. The molecule has 0 aliphatic rings. The molecular formula is C14H18N2S. The van der Waals surface area contributed by atoms with Crippen LogP contribution in [0.4, 0.5) is 5.13 Å². The summed E-state index contributed by atoms with van der Waals surface area (Å²) in [6, 6.07) is 10.9. The average Bonchev–Trinajstić information content (AvgIpc) is 2.84. The first-order chi connectivity index (χ1) is 8.33. The smallest absolute Gasteiger partial charge is 0.183 e. The van der Waals surface area contributed by atoms with Gasteiger partial charge >= 0.3 is 0 Å². The monoisotopic (exact) mass is 246 g/mol. The molecule has 1 aromatic carbocycles. The van der Waals surface area contributed by atoms with E-state index < -0.39 is 0 Å². The number of anilines is 1. The fourth-order valence-corrected chi connectivity index (χ4v) is 2.64. The number of benzene rings is 1. The second-order valence-corrected chi connectivity index (χ2v) is 4.87. The highest BCUT2D eigenvalue weighted by Gasteiger charge is 2.10. The minimum Gasteiger partial charge on any atom is -0.355 e. The number of rotatable bonds is 5. The van der Waals surface area contributed by atoms with Gasteiger partial charge in [-0.2, -0.15) is 0 Å². The minimum absolute atomic E-state index is 0.354. The molecule has 0 fully saturated rings. The lowest BCUT2D eigenvalue weighted by Gasteiger charge is -2.16. The van der Waals surface area contributed by atoms with Gasteiger partial charge < -0.3 is 5.32 Å². The van der Waals surface area contributed by atoms with Crippen molar-refractivity contribution in [3.05, 3.63) is 47.0 Å². The molecular weight excluding hydrogens is 228 g/mol. The first-order valence-electron chi connectivity index (χ1n) is 6.09. The van der Waals surface area contributed by atoms with Crippen molar-refractivity contribution in [3.8, 4) is 0 Å². The standard InChI is InChI=1S/C14H18N2S/c1-3-12-10-17-14(15-12)16-13(4-2)11-8-6-5-7-9-11/h5-10,13H,3-4H2,1-2H3,(H,15,16). The molecule has 1 heterocycles. The molecule has 2 rings (SSSR count). The number of thiazole rings is 1. The molecule has 3 heteroatoms. The molecule has 0 aliphatic heterocycles. The molecule has 0 radical (unpaired) electrons. The first-order valence-corrected chi connectivity index (χ1v) is 6.97. The Morgan fingerprint density at radius 2 is 2.00 bits per heavy atom. The van der Waals surface area contributed by atoms with Crippen molar-refractivity contribution >= 4 is 16.5 Å². The van der Waals surface area contributed by atoms with E-state index in [1.54, 1.807) is 11.3 Å². The van der Waals surface area contributed by atoms with E-state index in [0.717, 1.165) is 18.0 Å². The molecule has 2 nitrogen and oxygen atoms in total. The molecule has 17 heavy (non-hydrogen) atoms. The SMILES string of the molecule is CCc1csc(NC(CC)c2ccccc2)n1.